The molecule has 3 heterocycles. The Morgan fingerprint density at radius 1 is 1.14 bits per heavy atom. The van der Waals surface area contributed by atoms with Gasteiger partial charge in [0.2, 0.25) is 0 Å². The summed E-state index contributed by atoms with van der Waals surface area (Å²) in [6.45, 7) is 5.08. The number of carbonyl (C=O) groups excluding carboxylic acids is 2. The summed E-state index contributed by atoms with van der Waals surface area (Å²) >= 11 is 0. The number of hydrogen-bond acceptors (Lipinski definition) is 6. The van der Waals surface area contributed by atoms with E-state index in [1.807, 2.05) is 12.1 Å². The Bertz CT molecular complexity index is 809. The van der Waals surface area contributed by atoms with Crippen LogP contribution in [-0.4, -0.2) is 84.6 Å². The summed E-state index contributed by atoms with van der Waals surface area (Å²) in [6, 6.07) is 8.80. The van der Waals surface area contributed by atoms with Crippen LogP contribution in [-0.2, 0) is 11.2 Å². The SMILES string of the molecule is CN(CCc1ccncc1)C(=O)c1cccc(C(=O)NCCN2CCOCC2)n1. The predicted molar refractivity (Wildman–Crippen MR) is 109 cm³/mol. The molecule has 2 aromatic rings. The molecule has 0 aromatic carbocycles. The van der Waals surface area contributed by atoms with E-state index >= 15 is 0 Å². The fraction of sp³-hybridized carbons (Fsp3) is 0.429. The van der Waals surface area contributed by atoms with Crippen molar-refractivity contribution in [1.82, 2.24) is 25.1 Å². The Labute approximate surface area is 170 Å². The predicted octanol–water partition coefficient (Wildman–Crippen LogP) is 0.853. The highest BCUT2D eigenvalue weighted by molar-refractivity contribution is 5.96. The van der Waals surface area contributed by atoms with Crippen molar-refractivity contribution in [3.05, 3.63) is 59.7 Å². The monoisotopic (exact) mass is 397 g/mol. The van der Waals surface area contributed by atoms with Crippen LogP contribution < -0.4 is 5.32 Å². The molecular weight excluding hydrogens is 370 g/mol. The van der Waals surface area contributed by atoms with Crippen LogP contribution >= 0.6 is 0 Å². The Hall–Kier alpha value is -2.84. The molecule has 1 fully saturated rings. The van der Waals surface area contributed by atoms with Crippen LogP contribution in [0.25, 0.3) is 0 Å². The molecule has 0 atom stereocenters. The lowest BCUT2D eigenvalue weighted by atomic mass is 10.2. The lowest BCUT2D eigenvalue weighted by Gasteiger charge is -2.26. The van der Waals surface area contributed by atoms with Crippen LogP contribution in [0, 0.1) is 0 Å². The number of amides is 2. The van der Waals surface area contributed by atoms with E-state index in [1.165, 1.54) is 0 Å². The number of likely N-dealkylation sites (N-methyl/N-ethyl adjacent to an activating group) is 1. The third-order valence-corrected chi connectivity index (χ3v) is 4.85. The zero-order valence-electron chi connectivity index (χ0n) is 16.7. The minimum atomic E-state index is -0.271. The quantitative estimate of drug-likeness (QED) is 0.711. The Kier molecular flexibility index (Phi) is 7.66. The summed E-state index contributed by atoms with van der Waals surface area (Å²) in [5, 5.41) is 2.87. The molecule has 1 N–H and O–H groups in total. The summed E-state index contributed by atoms with van der Waals surface area (Å²) in [5.41, 5.74) is 1.63. The Morgan fingerprint density at radius 3 is 2.62 bits per heavy atom. The summed E-state index contributed by atoms with van der Waals surface area (Å²) in [5.74, 6) is -0.477. The molecule has 0 bridgehead atoms. The molecule has 154 valence electrons. The van der Waals surface area contributed by atoms with E-state index < -0.39 is 0 Å². The third-order valence-electron chi connectivity index (χ3n) is 4.85. The van der Waals surface area contributed by atoms with Gasteiger partial charge in [-0.3, -0.25) is 19.5 Å². The number of carbonyl (C=O) groups is 2. The minimum Gasteiger partial charge on any atom is -0.379 e. The van der Waals surface area contributed by atoms with Gasteiger partial charge in [-0.05, 0) is 36.2 Å². The van der Waals surface area contributed by atoms with Crippen LogP contribution in [0.2, 0.25) is 0 Å². The average molecular weight is 397 g/mol. The van der Waals surface area contributed by atoms with Gasteiger partial charge in [0.1, 0.15) is 11.4 Å². The summed E-state index contributed by atoms with van der Waals surface area (Å²) in [4.78, 5) is 37.2. The van der Waals surface area contributed by atoms with Crippen molar-refractivity contribution in [2.45, 2.75) is 6.42 Å². The van der Waals surface area contributed by atoms with Gasteiger partial charge in [-0.1, -0.05) is 6.07 Å². The molecule has 0 unspecified atom stereocenters. The highest BCUT2D eigenvalue weighted by Crippen LogP contribution is 2.06. The third kappa shape index (κ3) is 6.33. The van der Waals surface area contributed by atoms with E-state index in [0.29, 0.717) is 13.1 Å². The van der Waals surface area contributed by atoms with E-state index in [2.05, 4.69) is 20.2 Å². The number of aromatic nitrogens is 2. The Morgan fingerprint density at radius 2 is 1.86 bits per heavy atom. The van der Waals surface area contributed by atoms with Crippen molar-refractivity contribution in [2.24, 2.45) is 0 Å². The molecule has 3 rings (SSSR count). The molecule has 2 aromatic heterocycles. The second kappa shape index (κ2) is 10.6. The summed E-state index contributed by atoms with van der Waals surface area (Å²) in [6.07, 6.45) is 4.20. The highest BCUT2D eigenvalue weighted by Gasteiger charge is 2.16. The molecule has 8 nitrogen and oxygen atoms in total. The lowest BCUT2D eigenvalue weighted by molar-refractivity contribution is 0.0383. The minimum absolute atomic E-state index is 0.206. The van der Waals surface area contributed by atoms with E-state index in [0.717, 1.165) is 44.8 Å². The number of ether oxygens (including phenoxy) is 1. The van der Waals surface area contributed by atoms with E-state index in [-0.39, 0.29) is 23.2 Å². The fourth-order valence-electron chi connectivity index (χ4n) is 3.07. The maximum absolute atomic E-state index is 12.7. The van der Waals surface area contributed by atoms with Crippen LogP contribution in [0.3, 0.4) is 0 Å². The lowest BCUT2D eigenvalue weighted by Crippen LogP contribution is -2.41. The van der Waals surface area contributed by atoms with Crippen LogP contribution in [0.15, 0.2) is 42.7 Å². The molecule has 1 aliphatic rings. The number of pyridine rings is 2. The molecule has 29 heavy (non-hydrogen) atoms. The first-order valence-electron chi connectivity index (χ1n) is 9.83. The standard InChI is InChI=1S/C21H27N5O3/c1-25(11-7-17-5-8-22-9-6-17)21(28)19-4-2-3-18(24-19)20(27)23-10-12-26-13-15-29-16-14-26/h2-6,8-9H,7,10-16H2,1H3,(H,23,27). The van der Waals surface area contributed by atoms with Crippen LogP contribution in [0.1, 0.15) is 26.5 Å². The fourth-order valence-corrected chi connectivity index (χ4v) is 3.07. The largest absolute Gasteiger partial charge is 0.379 e. The first kappa shape index (κ1) is 20.9. The van der Waals surface area contributed by atoms with Gasteiger partial charge in [0, 0.05) is 52.2 Å². The highest BCUT2D eigenvalue weighted by atomic mass is 16.5. The molecule has 1 saturated heterocycles. The van der Waals surface area contributed by atoms with E-state index in [1.54, 1.807) is 42.5 Å². The van der Waals surface area contributed by atoms with E-state index in [4.69, 9.17) is 4.74 Å². The van der Waals surface area contributed by atoms with Gasteiger partial charge in [0.25, 0.3) is 11.8 Å². The molecule has 0 spiro atoms. The van der Waals surface area contributed by atoms with Gasteiger partial charge in [-0.15, -0.1) is 0 Å². The van der Waals surface area contributed by atoms with Crippen molar-refractivity contribution in [3.8, 4) is 0 Å². The van der Waals surface area contributed by atoms with Gasteiger partial charge in [-0.2, -0.15) is 0 Å². The van der Waals surface area contributed by atoms with E-state index in [9.17, 15) is 9.59 Å². The maximum atomic E-state index is 12.7. The van der Waals surface area contributed by atoms with Crippen molar-refractivity contribution < 1.29 is 14.3 Å². The van der Waals surface area contributed by atoms with Crippen molar-refractivity contribution in [1.29, 1.82) is 0 Å². The van der Waals surface area contributed by atoms with Crippen LogP contribution in [0.5, 0.6) is 0 Å². The molecule has 0 aliphatic carbocycles. The zero-order valence-corrected chi connectivity index (χ0v) is 16.7. The number of rotatable bonds is 8. The van der Waals surface area contributed by atoms with Crippen molar-refractivity contribution in [3.63, 3.8) is 0 Å². The van der Waals surface area contributed by atoms with Gasteiger partial charge in [0.15, 0.2) is 0 Å². The number of nitrogens with zero attached hydrogens (tertiary/aromatic N) is 4. The van der Waals surface area contributed by atoms with Gasteiger partial charge >= 0.3 is 0 Å². The average Bonchev–Trinajstić information content (AvgIpc) is 2.78. The van der Waals surface area contributed by atoms with Crippen molar-refractivity contribution >= 4 is 11.8 Å². The molecule has 0 radical (unpaired) electrons. The zero-order chi connectivity index (χ0) is 20.5. The molecule has 1 aliphatic heterocycles. The maximum Gasteiger partial charge on any atom is 0.272 e. The topological polar surface area (TPSA) is 87.7 Å². The van der Waals surface area contributed by atoms with Gasteiger partial charge in [-0.25, -0.2) is 4.98 Å². The summed E-state index contributed by atoms with van der Waals surface area (Å²) in [7, 11) is 1.74. The smallest absolute Gasteiger partial charge is 0.272 e. The second-order valence-corrected chi connectivity index (χ2v) is 6.95. The molecule has 0 saturated carbocycles. The van der Waals surface area contributed by atoms with Crippen molar-refractivity contribution in [2.75, 3.05) is 53.0 Å². The second-order valence-electron chi connectivity index (χ2n) is 6.95. The summed E-state index contributed by atoms with van der Waals surface area (Å²) < 4.78 is 5.32. The molecular formula is C21H27N5O3. The number of hydrogen-bond donors (Lipinski definition) is 1. The van der Waals surface area contributed by atoms with Gasteiger partial charge in [0.05, 0.1) is 13.2 Å². The number of nitrogens with one attached hydrogen (secondary N) is 1. The van der Waals surface area contributed by atoms with Crippen LogP contribution in [0.4, 0.5) is 0 Å². The molecule has 8 heteroatoms. The first-order chi connectivity index (χ1) is 14.1. The number of morpholine rings is 1. The first-order valence-corrected chi connectivity index (χ1v) is 9.83. The Balaban J connectivity index is 1.50. The molecule has 2 amide bonds. The normalized spacial score (nSPS) is 14.4. The van der Waals surface area contributed by atoms with Gasteiger partial charge < -0.3 is 15.0 Å².